The second kappa shape index (κ2) is 6.17. The van der Waals surface area contributed by atoms with Gasteiger partial charge in [-0.2, -0.15) is 4.31 Å². The highest BCUT2D eigenvalue weighted by Crippen LogP contribution is 2.20. The van der Waals surface area contributed by atoms with Crippen molar-refractivity contribution >= 4 is 22.4 Å². The molecule has 1 heterocycles. The van der Waals surface area contributed by atoms with Crippen LogP contribution in [0.2, 0.25) is 0 Å². The van der Waals surface area contributed by atoms with E-state index in [0.717, 1.165) is 0 Å². The van der Waals surface area contributed by atoms with Gasteiger partial charge in [-0.3, -0.25) is 0 Å². The Morgan fingerprint density at radius 1 is 1.26 bits per heavy atom. The van der Waals surface area contributed by atoms with Gasteiger partial charge >= 0.3 is 0 Å². The van der Waals surface area contributed by atoms with E-state index in [2.05, 4.69) is 5.32 Å². The number of sulfonamides is 1. The fourth-order valence-corrected chi connectivity index (χ4v) is 3.78. The van der Waals surface area contributed by atoms with Crippen molar-refractivity contribution in [1.82, 2.24) is 9.62 Å². The van der Waals surface area contributed by atoms with Crippen molar-refractivity contribution in [3.63, 3.8) is 0 Å². The highest BCUT2D eigenvalue weighted by molar-refractivity contribution is 7.89. The lowest BCUT2D eigenvalue weighted by atomic mass is 10.2. The van der Waals surface area contributed by atoms with Gasteiger partial charge < -0.3 is 5.32 Å². The van der Waals surface area contributed by atoms with Crippen LogP contribution in [0.15, 0.2) is 29.2 Å². The molecule has 1 aliphatic heterocycles. The molecular formula is C12H18ClFN2O2S. The van der Waals surface area contributed by atoms with Crippen molar-refractivity contribution in [1.29, 1.82) is 0 Å². The van der Waals surface area contributed by atoms with E-state index in [-0.39, 0.29) is 29.4 Å². The van der Waals surface area contributed by atoms with Crippen LogP contribution >= 0.6 is 12.4 Å². The molecule has 0 bridgehead atoms. The molecule has 0 saturated carbocycles. The molecule has 0 spiro atoms. The summed E-state index contributed by atoms with van der Waals surface area (Å²) in [7, 11) is -3.53. The van der Waals surface area contributed by atoms with Crippen LogP contribution < -0.4 is 5.32 Å². The fraction of sp³-hybridized carbons (Fsp3) is 0.500. The number of benzene rings is 1. The zero-order chi connectivity index (χ0) is 13.3. The van der Waals surface area contributed by atoms with Gasteiger partial charge in [0.1, 0.15) is 5.82 Å². The van der Waals surface area contributed by atoms with Gasteiger partial charge in [0.15, 0.2) is 0 Å². The largest absolute Gasteiger partial charge is 0.311 e. The minimum absolute atomic E-state index is 0. The lowest BCUT2D eigenvalue weighted by Crippen LogP contribution is -2.56. The van der Waals surface area contributed by atoms with E-state index in [0.29, 0.717) is 13.1 Å². The zero-order valence-electron chi connectivity index (χ0n) is 10.8. The molecule has 4 nitrogen and oxygen atoms in total. The van der Waals surface area contributed by atoms with Gasteiger partial charge in [0.2, 0.25) is 10.0 Å². The monoisotopic (exact) mass is 308 g/mol. The summed E-state index contributed by atoms with van der Waals surface area (Å²) in [5.74, 6) is -0.435. The molecule has 0 aromatic heterocycles. The van der Waals surface area contributed by atoms with Gasteiger partial charge in [-0.15, -0.1) is 12.4 Å². The first-order chi connectivity index (χ1) is 8.41. The molecule has 0 aliphatic carbocycles. The number of nitrogens with zero attached hydrogens (tertiary/aromatic N) is 1. The quantitative estimate of drug-likeness (QED) is 0.903. The molecule has 2 unspecified atom stereocenters. The second-order valence-electron chi connectivity index (χ2n) is 4.69. The number of hydrogen-bond donors (Lipinski definition) is 1. The molecule has 7 heteroatoms. The number of piperazine rings is 1. The summed E-state index contributed by atoms with van der Waals surface area (Å²) in [6.07, 6.45) is 0. The first-order valence-corrected chi connectivity index (χ1v) is 7.36. The van der Waals surface area contributed by atoms with E-state index in [4.69, 9.17) is 0 Å². The molecule has 108 valence electrons. The number of rotatable bonds is 2. The molecule has 0 radical (unpaired) electrons. The third kappa shape index (κ3) is 3.45. The van der Waals surface area contributed by atoms with Gasteiger partial charge in [0.05, 0.1) is 4.90 Å². The molecule has 2 rings (SSSR count). The Hall–Kier alpha value is -0.690. The molecule has 1 saturated heterocycles. The Labute approximate surface area is 119 Å². The Balaban J connectivity index is 0.00000180. The maximum absolute atomic E-state index is 12.8. The highest BCUT2D eigenvalue weighted by Gasteiger charge is 2.33. The molecule has 1 aliphatic rings. The summed E-state index contributed by atoms with van der Waals surface area (Å²) in [4.78, 5) is 0.143. The Morgan fingerprint density at radius 3 is 2.42 bits per heavy atom. The van der Waals surface area contributed by atoms with Crippen LogP contribution in [0.5, 0.6) is 0 Å². The average molecular weight is 309 g/mol. The summed E-state index contributed by atoms with van der Waals surface area (Å²) in [5.41, 5.74) is 0. The molecule has 1 fully saturated rings. The van der Waals surface area contributed by atoms with E-state index in [1.807, 2.05) is 13.8 Å². The van der Waals surface area contributed by atoms with E-state index in [1.54, 1.807) is 0 Å². The molecule has 2 atom stereocenters. The highest BCUT2D eigenvalue weighted by atomic mass is 35.5. The van der Waals surface area contributed by atoms with Crippen molar-refractivity contribution in [2.24, 2.45) is 0 Å². The van der Waals surface area contributed by atoms with Gasteiger partial charge in [0, 0.05) is 25.2 Å². The predicted octanol–water partition coefficient (Wildman–Crippen LogP) is 1.62. The molecule has 1 aromatic rings. The first-order valence-electron chi connectivity index (χ1n) is 5.92. The molecular weight excluding hydrogens is 291 g/mol. The topological polar surface area (TPSA) is 49.4 Å². The second-order valence-corrected chi connectivity index (χ2v) is 6.58. The molecule has 1 N–H and O–H groups in total. The van der Waals surface area contributed by atoms with E-state index in [1.165, 1.54) is 28.6 Å². The summed E-state index contributed by atoms with van der Waals surface area (Å²) < 4.78 is 39.2. The number of hydrogen-bond acceptors (Lipinski definition) is 3. The Bertz CT molecular complexity index is 521. The smallest absolute Gasteiger partial charge is 0.243 e. The third-order valence-corrected chi connectivity index (χ3v) is 5.12. The molecule has 19 heavy (non-hydrogen) atoms. The van der Waals surface area contributed by atoms with Crippen LogP contribution in [0.3, 0.4) is 0 Å². The normalized spacial score (nSPS) is 24.8. The van der Waals surface area contributed by atoms with E-state index >= 15 is 0 Å². The zero-order valence-corrected chi connectivity index (χ0v) is 12.5. The molecule has 1 aromatic carbocycles. The lowest BCUT2D eigenvalue weighted by molar-refractivity contribution is 0.244. The molecule has 0 amide bonds. The Morgan fingerprint density at radius 2 is 1.84 bits per heavy atom. The van der Waals surface area contributed by atoms with Gasteiger partial charge in [0.25, 0.3) is 0 Å². The SMILES string of the molecule is CC1CN(S(=O)(=O)c2ccc(F)cc2)C(C)CN1.Cl. The minimum Gasteiger partial charge on any atom is -0.311 e. The fourth-order valence-electron chi connectivity index (χ4n) is 2.06. The lowest BCUT2D eigenvalue weighted by Gasteiger charge is -2.36. The van der Waals surface area contributed by atoms with Crippen LogP contribution in [0, 0.1) is 5.82 Å². The van der Waals surface area contributed by atoms with Gasteiger partial charge in [-0.05, 0) is 38.1 Å². The van der Waals surface area contributed by atoms with E-state index in [9.17, 15) is 12.8 Å². The van der Waals surface area contributed by atoms with Crippen molar-refractivity contribution in [3.8, 4) is 0 Å². The van der Waals surface area contributed by atoms with Crippen molar-refractivity contribution < 1.29 is 12.8 Å². The average Bonchev–Trinajstić information content (AvgIpc) is 2.32. The van der Waals surface area contributed by atoms with Crippen LogP contribution in [-0.4, -0.2) is 37.9 Å². The van der Waals surface area contributed by atoms with Crippen molar-refractivity contribution in [2.75, 3.05) is 13.1 Å². The predicted molar refractivity (Wildman–Crippen MR) is 74.5 cm³/mol. The van der Waals surface area contributed by atoms with Gasteiger partial charge in [-0.1, -0.05) is 0 Å². The van der Waals surface area contributed by atoms with Gasteiger partial charge in [-0.25, -0.2) is 12.8 Å². The van der Waals surface area contributed by atoms with Crippen LogP contribution in [-0.2, 0) is 10.0 Å². The summed E-state index contributed by atoms with van der Waals surface area (Å²) in [5, 5.41) is 3.23. The standard InChI is InChI=1S/C12H17FN2O2S.ClH/c1-9-8-15(10(2)7-14-9)18(16,17)12-5-3-11(13)4-6-12;/h3-6,9-10,14H,7-8H2,1-2H3;1H. The van der Waals surface area contributed by atoms with E-state index < -0.39 is 15.8 Å². The first kappa shape index (κ1) is 16.4. The van der Waals surface area contributed by atoms with Crippen LogP contribution in [0.4, 0.5) is 4.39 Å². The van der Waals surface area contributed by atoms with Crippen molar-refractivity contribution in [3.05, 3.63) is 30.1 Å². The minimum atomic E-state index is -3.53. The van der Waals surface area contributed by atoms with Crippen LogP contribution in [0.1, 0.15) is 13.8 Å². The van der Waals surface area contributed by atoms with Crippen LogP contribution in [0.25, 0.3) is 0 Å². The summed E-state index contributed by atoms with van der Waals surface area (Å²) in [6.45, 7) is 4.86. The number of nitrogens with one attached hydrogen (secondary N) is 1. The van der Waals surface area contributed by atoms with Crippen molar-refractivity contribution in [2.45, 2.75) is 30.8 Å². The summed E-state index contributed by atoms with van der Waals surface area (Å²) in [6, 6.07) is 4.98. The Kier molecular flexibility index (Phi) is 5.32. The maximum atomic E-state index is 12.8. The summed E-state index contributed by atoms with van der Waals surface area (Å²) >= 11 is 0. The maximum Gasteiger partial charge on any atom is 0.243 e. The third-order valence-electron chi connectivity index (χ3n) is 3.13. The number of halogens is 2.